The molecule has 0 radical (unpaired) electrons. The predicted molar refractivity (Wildman–Crippen MR) is 126 cm³/mol. The molecule has 0 unspecified atom stereocenters. The maximum Gasteiger partial charge on any atom is 0.167 e. The van der Waals surface area contributed by atoms with Crippen LogP contribution in [0.1, 0.15) is 5.56 Å². The Morgan fingerprint density at radius 1 is 0.529 bits per heavy atom. The molecule has 0 N–H and O–H groups in total. The van der Waals surface area contributed by atoms with Crippen LogP contribution in [0.3, 0.4) is 0 Å². The van der Waals surface area contributed by atoms with Gasteiger partial charge in [-0.2, -0.15) is 5.26 Å². The Kier molecular flexibility index (Phi) is 5.59. The van der Waals surface area contributed by atoms with Gasteiger partial charge in [-0.05, 0) is 23.8 Å². The molecule has 0 aliphatic carbocycles. The molecule has 4 nitrogen and oxygen atoms in total. The van der Waals surface area contributed by atoms with Crippen molar-refractivity contribution in [2.24, 2.45) is 0 Å². The fourth-order valence-electron chi connectivity index (χ4n) is 3.67. The van der Waals surface area contributed by atoms with Crippen molar-refractivity contribution in [3.8, 4) is 51.4 Å². The highest BCUT2D eigenvalue weighted by Crippen LogP contribution is 2.31. The van der Waals surface area contributed by atoms with E-state index in [1.165, 1.54) is 24.3 Å². The second-order valence-corrected chi connectivity index (χ2v) is 7.51. The van der Waals surface area contributed by atoms with Crippen molar-refractivity contribution >= 4 is 0 Å². The van der Waals surface area contributed by atoms with Gasteiger partial charge < -0.3 is 0 Å². The quantitative estimate of drug-likeness (QED) is 0.309. The summed E-state index contributed by atoms with van der Waals surface area (Å²) in [6.07, 6.45) is 0. The normalized spacial score (nSPS) is 10.6. The van der Waals surface area contributed by atoms with Crippen LogP contribution in [0.5, 0.6) is 0 Å². The number of nitriles is 1. The Morgan fingerprint density at radius 2 is 1.12 bits per heavy atom. The summed E-state index contributed by atoms with van der Waals surface area (Å²) in [7, 11) is 0. The first-order chi connectivity index (χ1) is 16.6. The molecule has 6 heteroatoms. The minimum atomic E-state index is -0.651. The Morgan fingerprint density at radius 3 is 1.68 bits per heavy atom. The van der Waals surface area contributed by atoms with E-state index in [4.69, 9.17) is 0 Å². The minimum Gasteiger partial charge on any atom is -0.208 e. The maximum absolute atomic E-state index is 15.3. The number of hydrogen-bond acceptors (Lipinski definition) is 4. The molecule has 1 aromatic heterocycles. The summed E-state index contributed by atoms with van der Waals surface area (Å²) in [4.78, 5) is 13.7. The lowest BCUT2D eigenvalue weighted by molar-refractivity contribution is 0.623. The van der Waals surface area contributed by atoms with Crippen LogP contribution in [-0.2, 0) is 0 Å². The first-order valence-corrected chi connectivity index (χ1v) is 10.5. The number of halogens is 2. The molecule has 0 saturated heterocycles. The highest BCUT2D eigenvalue weighted by atomic mass is 19.1. The van der Waals surface area contributed by atoms with E-state index in [-0.39, 0.29) is 17.0 Å². The fourth-order valence-corrected chi connectivity index (χ4v) is 3.67. The standard InChI is InChI=1S/C28H16F2N4/c29-24-13-7-12-21(23(24)17-31)20-14-15-22(25(30)16-20)28-33-26(18-8-3-1-4-9-18)32-27(34-28)19-10-5-2-6-11-19/h1-16H. The van der Waals surface area contributed by atoms with Crippen molar-refractivity contribution in [1.82, 2.24) is 15.0 Å². The molecular weight excluding hydrogens is 430 g/mol. The molecule has 34 heavy (non-hydrogen) atoms. The molecule has 4 aromatic carbocycles. The molecule has 0 spiro atoms. The van der Waals surface area contributed by atoms with E-state index in [1.807, 2.05) is 66.7 Å². The summed E-state index contributed by atoms with van der Waals surface area (Å²) in [5, 5.41) is 9.33. The van der Waals surface area contributed by atoms with E-state index in [1.54, 1.807) is 12.1 Å². The molecule has 0 amide bonds. The molecule has 0 saturated carbocycles. The number of aromatic nitrogens is 3. The van der Waals surface area contributed by atoms with E-state index < -0.39 is 11.6 Å². The first-order valence-electron chi connectivity index (χ1n) is 10.5. The lowest BCUT2D eigenvalue weighted by Gasteiger charge is -2.10. The van der Waals surface area contributed by atoms with Crippen molar-refractivity contribution < 1.29 is 8.78 Å². The lowest BCUT2D eigenvalue weighted by atomic mass is 9.98. The minimum absolute atomic E-state index is 0.132. The topological polar surface area (TPSA) is 62.5 Å². The van der Waals surface area contributed by atoms with E-state index >= 15 is 4.39 Å². The van der Waals surface area contributed by atoms with Gasteiger partial charge in [-0.1, -0.05) is 78.9 Å². The lowest BCUT2D eigenvalue weighted by Crippen LogP contribution is -2.01. The van der Waals surface area contributed by atoms with Crippen LogP contribution in [-0.4, -0.2) is 15.0 Å². The monoisotopic (exact) mass is 446 g/mol. The average molecular weight is 446 g/mol. The van der Waals surface area contributed by atoms with Crippen molar-refractivity contribution in [1.29, 1.82) is 5.26 Å². The molecule has 5 rings (SSSR count). The van der Waals surface area contributed by atoms with E-state index in [2.05, 4.69) is 15.0 Å². The zero-order valence-electron chi connectivity index (χ0n) is 17.8. The van der Waals surface area contributed by atoms with Crippen LogP contribution < -0.4 is 0 Å². The molecule has 0 atom stereocenters. The maximum atomic E-state index is 15.3. The van der Waals surface area contributed by atoms with Gasteiger partial charge in [0.1, 0.15) is 17.7 Å². The van der Waals surface area contributed by atoms with Crippen LogP contribution in [0.25, 0.3) is 45.3 Å². The van der Waals surface area contributed by atoms with Crippen LogP contribution in [0.2, 0.25) is 0 Å². The van der Waals surface area contributed by atoms with Crippen LogP contribution >= 0.6 is 0 Å². The third-order valence-electron chi connectivity index (χ3n) is 5.35. The largest absolute Gasteiger partial charge is 0.208 e. The van der Waals surface area contributed by atoms with Crippen molar-refractivity contribution in [3.05, 3.63) is 114 Å². The molecular formula is C28H16F2N4. The zero-order valence-corrected chi connectivity index (χ0v) is 17.8. The van der Waals surface area contributed by atoms with Gasteiger partial charge in [0.05, 0.1) is 11.1 Å². The van der Waals surface area contributed by atoms with Gasteiger partial charge in [0.2, 0.25) is 0 Å². The molecule has 162 valence electrons. The van der Waals surface area contributed by atoms with Crippen molar-refractivity contribution in [3.63, 3.8) is 0 Å². The summed E-state index contributed by atoms with van der Waals surface area (Å²) in [6.45, 7) is 0. The first kappa shape index (κ1) is 21.1. The van der Waals surface area contributed by atoms with Crippen LogP contribution in [0.15, 0.2) is 97.1 Å². The van der Waals surface area contributed by atoms with Crippen LogP contribution in [0, 0.1) is 23.0 Å². The number of benzene rings is 4. The summed E-state index contributed by atoms with van der Waals surface area (Å²) >= 11 is 0. The highest BCUT2D eigenvalue weighted by molar-refractivity contribution is 5.74. The number of hydrogen-bond donors (Lipinski definition) is 0. The SMILES string of the molecule is N#Cc1c(F)cccc1-c1ccc(-c2nc(-c3ccccc3)nc(-c3ccccc3)n2)c(F)c1. The van der Waals surface area contributed by atoms with E-state index in [9.17, 15) is 9.65 Å². The molecule has 0 aliphatic rings. The zero-order chi connectivity index (χ0) is 23.5. The molecule has 5 aromatic rings. The second-order valence-electron chi connectivity index (χ2n) is 7.51. The van der Waals surface area contributed by atoms with Crippen LogP contribution in [0.4, 0.5) is 8.78 Å². The second kappa shape index (κ2) is 9.00. The fraction of sp³-hybridized carbons (Fsp3) is 0. The average Bonchev–Trinajstić information content (AvgIpc) is 2.89. The Hall–Kier alpha value is -4.76. The third-order valence-corrected chi connectivity index (χ3v) is 5.35. The Bertz CT molecular complexity index is 1470. The van der Waals surface area contributed by atoms with Crippen molar-refractivity contribution in [2.45, 2.75) is 0 Å². The molecule has 0 aliphatic heterocycles. The summed E-state index contributed by atoms with van der Waals surface area (Å²) < 4.78 is 29.4. The van der Waals surface area contributed by atoms with Gasteiger partial charge in [-0.25, -0.2) is 23.7 Å². The summed E-state index contributed by atoms with van der Waals surface area (Å²) in [5.41, 5.74) is 2.30. The highest BCUT2D eigenvalue weighted by Gasteiger charge is 2.17. The molecule has 0 fully saturated rings. The Labute approximate surface area is 194 Å². The van der Waals surface area contributed by atoms with E-state index in [0.717, 1.165) is 11.1 Å². The van der Waals surface area contributed by atoms with Gasteiger partial charge in [-0.15, -0.1) is 0 Å². The predicted octanol–water partition coefficient (Wildman–Crippen LogP) is 6.69. The summed E-state index contributed by atoms with van der Waals surface area (Å²) in [6, 6.07) is 29.3. The van der Waals surface area contributed by atoms with Crippen molar-refractivity contribution in [2.75, 3.05) is 0 Å². The van der Waals surface area contributed by atoms with Gasteiger partial charge in [0, 0.05) is 16.7 Å². The van der Waals surface area contributed by atoms with E-state index in [0.29, 0.717) is 22.8 Å². The molecule has 0 bridgehead atoms. The molecule has 1 heterocycles. The van der Waals surface area contributed by atoms with Gasteiger partial charge in [0.15, 0.2) is 17.5 Å². The van der Waals surface area contributed by atoms with Gasteiger partial charge in [-0.3, -0.25) is 0 Å². The summed E-state index contributed by atoms with van der Waals surface area (Å²) in [5.74, 6) is -0.219. The number of rotatable bonds is 4. The third kappa shape index (κ3) is 4.03. The Balaban J connectivity index is 1.65. The number of nitrogens with zero attached hydrogens (tertiary/aromatic N) is 4. The van der Waals surface area contributed by atoms with Gasteiger partial charge >= 0.3 is 0 Å². The van der Waals surface area contributed by atoms with Gasteiger partial charge in [0.25, 0.3) is 0 Å². The smallest absolute Gasteiger partial charge is 0.167 e.